The molecule has 0 radical (unpaired) electrons. The average Bonchev–Trinajstić information content (AvgIpc) is 3.03. The lowest BCUT2D eigenvalue weighted by Crippen LogP contribution is -2.02. The molecule has 0 N–H and O–H groups in total. The first-order chi connectivity index (χ1) is 13.6. The monoisotopic (exact) mass is 372 g/mol. The van der Waals surface area contributed by atoms with Crippen LogP contribution < -0.4 is 0 Å². The van der Waals surface area contributed by atoms with E-state index in [4.69, 9.17) is 0 Å². The van der Waals surface area contributed by atoms with Crippen LogP contribution in [0.1, 0.15) is 75.6 Å². The Morgan fingerprint density at radius 1 is 0.643 bits per heavy atom. The molecule has 3 rings (SSSR count). The summed E-state index contributed by atoms with van der Waals surface area (Å²) in [7, 11) is 0. The first-order valence-corrected chi connectivity index (χ1v) is 10.8. The fourth-order valence-corrected chi connectivity index (χ4v) is 4.05. The van der Waals surface area contributed by atoms with Gasteiger partial charge in [0.05, 0.1) is 0 Å². The Kier molecular flexibility index (Phi) is 6.61. The van der Waals surface area contributed by atoms with Gasteiger partial charge in [-0.1, -0.05) is 58.4 Å². The number of benzene rings is 2. The minimum atomic E-state index is 0.914. The van der Waals surface area contributed by atoms with Gasteiger partial charge in [0.2, 0.25) is 11.4 Å². The normalized spacial score (nSPS) is 14.4. The number of nitrogens with zero attached hydrogens (tertiary/aromatic N) is 2. The van der Waals surface area contributed by atoms with E-state index in [1.807, 2.05) is 0 Å². The molecule has 1 aliphatic heterocycles. The van der Waals surface area contributed by atoms with Crippen molar-refractivity contribution in [3.8, 4) is 0 Å². The average molecular weight is 373 g/mol. The molecule has 0 amide bonds. The quantitative estimate of drug-likeness (QED) is 0.427. The SMILES string of the molecule is CCCCC1=C(c2ccc(CC)cc2)[N+](=[N-])C(c2ccc(CC)cc2)=C1CC. The molecular formula is C26H32N2. The van der Waals surface area contributed by atoms with Crippen molar-refractivity contribution in [1.29, 1.82) is 0 Å². The largest absolute Gasteiger partial charge is 0.493 e. The van der Waals surface area contributed by atoms with Crippen LogP contribution in [-0.2, 0) is 12.8 Å². The maximum atomic E-state index is 11.3. The highest BCUT2D eigenvalue weighted by atomic mass is 15.2. The number of unbranched alkanes of at least 4 members (excludes halogenated alkanes) is 1. The molecule has 2 aromatic carbocycles. The summed E-state index contributed by atoms with van der Waals surface area (Å²) in [4.78, 5) is 0. The van der Waals surface area contributed by atoms with Crippen LogP contribution in [0.5, 0.6) is 0 Å². The topological polar surface area (TPSA) is 25.3 Å². The van der Waals surface area contributed by atoms with Gasteiger partial charge in [0.15, 0.2) is 0 Å². The first kappa shape index (κ1) is 20.3. The van der Waals surface area contributed by atoms with Crippen molar-refractivity contribution >= 4 is 11.4 Å². The third-order valence-electron chi connectivity index (χ3n) is 5.76. The summed E-state index contributed by atoms with van der Waals surface area (Å²) in [6.45, 7) is 8.76. The summed E-state index contributed by atoms with van der Waals surface area (Å²) < 4.78 is 1.45. The summed E-state index contributed by atoms with van der Waals surface area (Å²) in [6.07, 6.45) is 6.24. The van der Waals surface area contributed by atoms with E-state index < -0.39 is 0 Å². The lowest BCUT2D eigenvalue weighted by atomic mass is 9.93. The predicted molar refractivity (Wildman–Crippen MR) is 119 cm³/mol. The summed E-state index contributed by atoms with van der Waals surface area (Å²) >= 11 is 0. The molecule has 28 heavy (non-hydrogen) atoms. The highest BCUT2D eigenvalue weighted by Gasteiger charge is 2.34. The molecule has 0 bridgehead atoms. The molecule has 1 aliphatic rings. The molecule has 0 saturated carbocycles. The van der Waals surface area contributed by atoms with Crippen LogP contribution in [0.3, 0.4) is 0 Å². The third-order valence-corrected chi connectivity index (χ3v) is 5.76. The number of rotatable bonds is 8. The van der Waals surface area contributed by atoms with Gasteiger partial charge < -0.3 is 5.53 Å². The smallest absolute Gasteiger partial charge is 0.211 e. The van der Waals surface area contributed by atoms with Gasteiger partial charge in [-0.3, -0.25) is 0 Å². The lowest BCUT2D eigenvalue weighted by Gasteiger charge is -2.10. The van der Waals surface area contributed by atoms with Crippen molar-refractivity contribution in [3.05, 3.63) is 87.5 Å². The Bertz CT molecular complexity index is 896. The number of hydrogen-bond acceptors (Lipinski definition) is 0. The van der Waals surface area contributed by atoms with E-state index in [-0.39, 0.29) is 0 Å². The van der Waals surface area contributed by atoms with Crippen LogP contribution >= 0.6 is 0 Å². The second-order valence-electron chi connectivity index (χ2n) is 7.52. The predicted octanol–water partition coefficient (Wildman–Crippen LogP) is 7.58. The highest BCUT2D eigenvalue weighted by molar-refractivity contribution is 5.82. The zero-order chi connectivity index (χ0) is 20.1. The maximum Gasteiger partial charge on any atom is 0.211 e. The standard InChI is InChI=1S/C26H32N2/c1-5-9-10-24-23(8-4)25(21-15-11-19(6-2)12-16-21)28(27)26(24)22-17-13-20(7-3)14-18-22/h11-18H,5-10H2,1-4H3. The van der Waals surface area contributed by atoms with Gasteiger partial charge >= 0.3 is 0 Å². The van der Waals surface area contributed by atoms with Gasteiger partial charge in [0, 0.05) is 22.3 Å². The van der Waals surface area contributed by atoms with E-state index in [1.54, 1.807) is 0 Å². The summed E-state index contributed by atoms with van der Waals surface area (Å²) in [5, 5.41) is 0. The molecule has 2 nitrogen and oxygen atoms in total. The van der Waals surface area contributed by atoms with E-state index in [0.29, 0.717) is 0 Å². The van der Waals surface area contributed by atoms with Crippen LogP contribution in [0.2, 0.25) is 0 Å². The van der Waals surface area contributed by atoms with Crippen molar-refractivity contribution in [2.24, 2.45) is 0 Å². The molecular weight excluding hydrogens is 340 g/mol. The van der Waals surface area contributed by atoms with E-state index in [2.05, 4.69) is 76.2 Å². The number of allylic oxidation sites excluding steroid dienone is 2. The van der Waals surface area contributed by atoms with E-state index >= 15 is 0 Å². The maximum absolute atomic E-state index is 11.3. The second-order valence-corrected chi connectivity index (χ2v) is 7.52. The Hall–Kier alpha value is -2.48. The first-order valence-electron chi connectivity index (χ1n) is 10.8. The Labute approximate surface area is 170 Å². The zero-order valence-electron chi connectivity index (χ0n) is 17.8. The number of aryl methyl sites for hydroxylation is 2. The van der Waals surface area contributed by atoms with Gasteiger partial charge in [-0.25, -0.2) is 4.70 Å². The third kappa shape index (κ3) is 3.87. The molecule has 0 saturated heterocycles. The Morgan fingerprint density at radius 2 is 1.11 bits per heavy atom. The minimum absolute atomic E-state index is 0.914. The molecule has 0 atom stereocenters. The van der Waals surface area contributed by atoms with Gasteiger partial charge in [-0.15, -0.1) is 0 Å². The summed E-state index contributed by atoms with van der Waals surface area (Å²) in [5.74, 6) is 0. The number of hydrogen-bond donors (Lipinski definition) is 0. The molecule has 0 fully saturated rings. The van der Waals surface area contributed by atoms with Gasteiger partial charge in [0.25, 0.3) is 0 Å². The molecule has 2 heteroatoms. The van der Waals surface area contributed by atoms with Crippen molar-refractivity contribution in [1.82, 2.24) is 0 Å². The van der Waals surface area contributed by atoms with Crippen LogP contribution in [0.15, 0.2) is 59.7 Å². The van der Waals surface area contributed by atoms with Crippen molar-refractivity contribution in [2.45, 2.75) is 66.2 Å². The molecule has 0 unspecified atom stereocenters. The highest BCUT2D eigenvalue weighted by Crippen LogP contribution is 2.43. The van der Waals surface area contributed by atoms with E-state index in [9.17, 15) is 5.53 Å². The van der Waals surface area contributed by atoms with Gasteiger partial charge in [0.1, 0.15) is 0 Å². The van der Waals surface area contributed by atoms with Gasteiger partial charge in [-0.05, 0) is 67.5 Å². The van der Waals surface area contributed by atoms with Crippen LogP contribution in [0.4, 0.5) is 0 Å². The molecule has 0 spiro atoms. The molecule has 0 aromatic heterocycles. The second kappa shape index (κ2) is 9.14. The fraction of sp³-hybridized carbons (Fsp3) is 0.385. The van der Waals surface area contributed by atoms with Crippen molar-refractivity contribution in [3.63, 3.8) is 0 Å². The van der Waals surface area contributed by atoms with Crippen LogP contribution in [0, 0.1) is 0 Å². The molecule has 0 aliphatic carbocycles. The van der Waals surface area contributed by atoms with E-state index in [1.165, 1.54) is 27.0 Å². The van der Waals surface area contributed by atoms with Crippen LogP contribution in [0.25, 0.3) is 16.9 Å². The molecule has 1 heterocycles. The molecule has 146 valence electrons. The summed E-state index contributed by atoms with van der Waals surface area (Å²) in [6, 6.07) is 17.3. The summed E-state index contributed by atoms with van der Waals surface area (Å²) in [5.41, 5.74) is 20.6. The van der Waals surface area contributed by atoms with Crippen molar-refractivity contribution in [2.75, 3.05) is 0 Å². The van der Waals surface area contributed by atoms with Crippen LogP contribution in [-0.4, -0.2) is 4.70 Å². The zero-order valence-corrected chi connectivity index (χ0v) is 17.8. The minimum Gasteiger partial charge on any atom is -0.493 e. The van der Waals surface area contributed by atoms with E-state index in [0.717, 1.165) is 61.0 Å². The Morgan fingerprint density at radius 3 is 1.50 bits per heavy atom. The fourth-order valence-electron chi connectivity index (χ4n) is 4.05. The van der Waals surface area contributed by atoms with Gasteiger partial charge in [-0.2, -0.15) is 0 Å². The lowest BCUT2D eigenvalue weighted by molar-refractivity contribution is -0.345. The Balaban J connectivity index is 2.10. The van der Waals surface area contributed by atoms with Crippen molar-refractivity contribution < 1.29 is 4.70 Å². The molecule has 2 aromatic rings.